The summed E-state index contributed by atoms with van der Waals surface area (Å²) in [7, 11) is 0. The van der Waals surface area contributed by atoms with Gasteiger partial charge in [-0.3, -0.25) is 4.57 Å². The standard InChI is InChI=1S/C17H16N2O2/c1-3-15-18-14-9-5-8-13(17(20)21)16(14)19(15)12-7-4-6-11(2)10-12/h4-10H,3H2,1-2H3,(H,20,21). The van der Waals surface area contributed by atoms with E-state index >= 15 is 0 Å². The van der Waals surface area contributed by atoms with Crippen LogP contribution in [0.3, 0.4) is 0 Å². The van der Waals surface area contributed by atoms with Crippen molar-refractivity contribution in [2.45, 2.75) is 20.3 Å². The van der Waals surface area contributed by atoms with Gasteiger partial charge in [0.2, 0.25) is 0 Å². The molecule has 0 aliphatic rings. The molecule has 0 radical (unpaired) electrons. The number of aryl methyl sites for hydroxylation is 2. The minimum atomic E-state index is -0.933. The molecule has 3 aromatic rings. The van der Waals surface area contributed by atoms with Crippen molar-refractivity contribution in [3.8, 4) is 5.69 Å². The first-order chi connectivity index (χ1) is 10.1. The third-order valence-electron chi connectivity index (χ3n) is 3.55. The molecule has 106 valence electrons. The topological polar surface area (TPSA) is 55.1 Å². The van der Waals surface area contributed by atoms with Gasteiger partial charge >= 0.3 is 5.97 Å². The molecule has 1 aromatic heterocycles. The van der Waals surface area contributed by atoms with E-state index in [0.29, 0.717) is 11.0 Å². The van der Waals surface area contributed by atoms with Gasteiger partial charge in [0.25, 0.3) is 0 Å². The van der Waals surface area contributed by atoms with Crippen LogP contribution in [-0.4, -0.2) is 20.6 Å². The third-order valence-corrected chi connectivity index (χ3v) is 3.55. The van der Waals surface area contributed by atoms with Gasteiger partial charge in [0.15, 0.2) is 0 Å². The predicted octanol–water partition coefficient (Wildman–Crippen LogP) is 3.59. The summed E-state index contributed by atoms with van der Waals surface area (Å²) in [6.45, 7) is 4.04. The Morgan fingerprint density at radius 3 is 2.67 bits per heavy atom. The Hall–Kier alpha value is -2.62. The monoisotopic (exact) mass is 280 g/mol. The van der Waals surface area contributed by atoms with Gasteiger partial charge in [-0.1, -0.05) is 25.1 Å². The lowest BCUT2D eigenvalue weighted by Gasteiger charge is -2.10. The largest absolute Gasteiger partial charge is 0.478 e. The summed E-state index contributed by atoms with van der Waals surface area (Å²) in [5.74, 6) is -0.0682. The van der Waals surface area contributed by atoms with Crippen molar-refractivity contribution in [1.29, 1.82) is 0 Å². The number of benzene rings is 2. The number of aromatic nitrogens is 2. The highest BCUT2D eigenvalue weighted by molar-refractivity contribution is 6.01. The number of rotatable bonds is 3. The van der Waals surface area contributed by atoms with E-state index < -0.39 is 5.97 Å². The van der Waals surface area contributed by atoms with Crippen LogP contribution in [0.4, 0.5) is 0 Å². The molecule has 0 aliphatic heterocycles. The molecule has 21 heavy (non-hydrogen) atoms. The van der Waals surface area contributed by atoms with Crippen molar-refractivity contribution < 1.29 is 9.90 Å². The Kier molecular flexibility index (Phi) is 3.22. The highest BCUT2D eigenvalue weighted by atomic mass is 16.4. The van der Waals surface area contributed by atoms with Gasteiger partial charge in [-0.05, 0) is 36.8 Å². The zero-order chi connectivity index (χ0) is 15.0. The van der Waals surface area contributed by atoms with Crippen LogP contribution < -0.4 is 0 Å². The number of hydrogen-bond acceptors (Lipinski definition) is 2. The molecule has 3 rings (SSSR count). The normalized spacial score (nSPS) is 11.0. The molecule has 4 heteroatoms. The fraction of sp³-hybridized carbons (Fsp3) is 0.176. The van der Waals surface area contributed by atoms with Gasteiger partial charge in [0, 0.05) is 12.1 Å². The molecular weight excluding hydrogens is 264 g/mol. The van der Waals surface area contributed by atoms with Crippen LogP contribution in [-0.2, 0) is 6.42 Å². The number of carboxylic acid groups (broad SMARTS) is 1. The Morgan fingerprint density at radius 2 is 2.00 bits per heavy atom. The average molecular weight is 280 g/mol. The lowest BCUT2D eigenvalue weighted by atomic mass is 10.1. The summed E-state index contributed by atoms with van der Waals surface area (Å²) in [5, 5.41) is 9.45. The minimum Gasteiger partial charge on any atom is -0.478 e. The molecule has 0 fully saturated rings. The molecule has 1 heterocycles. The van der Waals surface area contributed by atoms with Crippen LogP contribution in [0, 0.1) is 6.92 Å². The molecule has 4 nitrogen and oxygen atoms in total. The third kappa shape index (κ3) is 2.18. The number of nitrogens with zero attached hydrogens (tertiary/aromatic N) is 2. The molecule has 2 aromatic carbocycles. The van der Waals surface area contributed by atoms with Crippen LogP contribution in [0.25, 0.3) is 16.7 Å². The van der Waals surface area contributed by atoms with Crippen molar-refractivity contribution >= 4 is 17.0 Å². The molecule has 0 unspecified atom stereocenters. The summed E-state index contributed by atoms with van der Waals surface area (Å²) >= 11 is 0. The summed E-state index contributed by atoms with van der Waals surface area (Å²) in [6.07, 6.45) is 0.738. The molecular formula is C17H16N2O2. The van der Waals surface area contributed by atoms with Crippen LogP contribution in [0.5, 0.6) is 0 Å². The Bertz CT molecular complexity index is 834. The van der Waals surface area contributed by atoms with Crippen LogP contribution in [0.15, 0.2) is 42.5 Å². The lowest BCUT2D eigenvalue weighted by Crippen LogP contribution is -2.05. The minimum absolute atomic E-state index is 0.279. The van der Waals surface area contributed by atoms with E-state index in [2.05, 4.69) is 4.98 Å². The summed E-state index contributed by atoms with van der Waals surface area (Å²) in [4.78, 5) is 16.1. The first-order valence-electron chi connectivity index (χ1n) is 6.92. The quantitative estimate of drug-likeness (QED) is 0.797. The average Bonchev–Trinajstić information content (AvgIpc) is 2.85. The van der Waals surface area contributed by atoms with Crippen LogP contribution in [0.2, 0.25) is 0 Å². The molecule has 0 spiro atoms. The number of aromatic carboxylic acids is 1. The van der Waals surface area contributed by atoms with Crippen molar-refractivity contribution in [3.63, 3.8) is 0 Å². The first kappa shape index (κ1) is 13.4. The van der Waals surface area contributed by atoms with Gasteiger partial charge in [-0.2, -0.15) is 0 Å². The maximum atomic E-state index is 11.5. The molecule has 0 aliphatic carbocycles. The Labute approximate surface area is 122 Å². The van der Waals surface area contributed by atoms with Crippen molar-refractivity contribution in [2.24, 2.45) is 0 Å². The summed E-state index contributed by atoms with van der Waals surface area (Å²) < 4.78 is 1.95. The number of para-hydroxylation sites is 1. The Balaban J connectivity index is 2.42. The second-order valence-electron chi connectivity index (χ2n) is 5.03. The zero-order valence-electron chi connectivity index (χ0n) is 12.0. The van der Waals surface area contributed by atoms with E-state index in [1.165, 1.54) is 0 Å². The van der Waals surface area contributed by atoms with Crippen molar-refractivity contribution in [2.75, 3.05) is 0 Å². The molecule has 0 saturated carbocycles. The molecule has 0 saturated heterocycles. The maximum Gasteiger partial charge on any atom is 0.337 e. The molecule has 1 N–H and O–H groups in total. The molecule has 0 amide bonds. The second-order valence-corrected chi connectivity index (χ2v) is 5.03. The van der Waals surface area contributed by atoms with E-state index in [0.717, 1.165) is 23.5 Å². The van der Waals surface area contributed by atoms with Crippen LogP contribution >= 0.6 is 0 Å². The number of carboxylic acids is 1. The Morgan fingerprint density at radius 1 is 1.24 bits per heavy atom. The summed E-state index contributed by atoms with van der Waals surface area (Å²) in [5.41, 5.74) is 3.73. The van der Waals surface area contributed by atoms with Crippen molar-refractivity contribution in [1.82, 2.24) is 9.55 Å². The highest BCUT2D eigenvalue weighted by Crippen LogP contribution is 2.25. The van der Waals surface area contributed by atoms with Gasteiger partial charge in [-0.15, -0.1) is 0 Å². The molecule has 0 bridgehead atoms. The van der Waals surface area contributed by atoms with Gasteiger partial charge in [0.1, 0.15) is 5.82 Å². The maximum absolute atomic E-state index is 11.5. The van der Waals surface area contributed by atoms with E-state index in [4.69, 9.17) is 0 Å². The fourth-order valence-electron chi connectivity index (χ4n) is 2.63. The van der Waals surface area contributed by atoms with Gasteiger partial charge in [-0.25, -0.2) is 9.78 Å². The number of carbonyl (C=O) groups is 1. The van der Waals surface area contributed by atoms with Gasteiger partial charge in [0.05, 0.1) is 16.6 Å². The predicted molar refractivity (Wildman–Crippen MR) is 82.1 cm³/mol. The summed E-state index contributed by atoms with van der Waals surface area (Å²) in [6, 6.07) is 13.2. The van der Waals surface area contributed by atoms with Gasteiger partial charge < -0.3 is 5.11 Å². The van der Waals surface area contributed by atoms with E-state index in [1.54, 1.807) is 12.1 Å². The fourth-order valence-corrected chi connectivity index (χ4v) is 2.63. The van der Waals surface area contributed by atoms with E-state index in [9.17, 15) is 9.90 Å². The first-order valence-corrected chi connectivity index (χ1v) is 6.92. The van der Waals surface area contributed by atoms with E-state index in [-0.39, 0.29) is 5.56 Å². The zero-order valence-corrected chi connectivity index (χ0v) is 12.0. The van der Waals surface area contributed by atoms with E-state index in [1.807, 2.05) is 48.7 Å². The smallest absolute Gasteiger partial charge is 0.337 e. The second kappa shape index (κ2) is 5.05. The number of hydrogen-bond donors (Lipinski definition) is 1. The van der Waals surface area contributed by atoms with Crippen molar-refractivity contribution in [3.05, 3.63) is 59.4 Å². The number of fused-ring (bicyclic) bond motifs is 1. The SMILES string of the molecule is CCc1nc2cccc(C(=O)O)c2n1-c1cccc(C)c1. The van der Waals surface area contributed by atoms with Crippen LogP contribution in [0.1, 0.15) is 28.7 Å². The highest BCUT2D eigenvalue weighted by Gasteiger charge is 2.17. The lowest BCUT2D eigenvalue weighted by molar-refractivity contribution is 0.0698. The number of imidazole rings is 1. The molecule has 0 atom stereocenters.